The van der Waals surface area contributed by atoms with Gasteiger partial charge in [0.05, 0.1) is 5.41 Å². The summed E-state index contributed by atoms with van der Waals surface area (Å²) < 4.78 is 0. The Morgan fingerprint density at radius 2 is 0.755 bits per heavy atom. The van der Waals surface area contributed by atoms with Gasteiger partial charge in [0.2, 0.25) is 0 Å². The molecular formula is C46H31N3. The van der Waals surface area contributed by atoms with Crippen molar-refractivity contribution in [2.75, 3.05) is 0 Å². The van der Waals surface area contributed by atoms with Gasteiger partial charge in [0.1, 0.15) is 0 Å². The summed E-state index contributed by atoms with van der Waals surface area (Å²) in [6, 6.07) is 54.3. The second kappa shape index (κ2) is 10.9. The van der Waals surface area contributed by atoms with Crippen LogP contribution in [0.15, 0.2) is 164 Å². The van der Waals surface area contributed by atoms with Gasteiger partial charge in [-0.1, -0.05) is 164 Å². The maximum absolute atomic E-state index is 5.19. The third-order valence-corrected chi connectivity index (χ3v) is 10.4. The van der Waals surface area contributed by atoms with Crippen molar-refractivity contribution in [1.82, 2.24) is 15.0 Å². The molecule has 0 unspecified atom stereocenters. The van der Waals surface area contributed by atoms with Gasteiger partial charge in [0.25, 0.3) is 0 Å². The quantitative estimate of drug-likeness (QED) is 0.195. The molecule has 0 saturated carbocycles. The average Bonchev–Trinajstić information content (AvgIpc) is 3.66. The zero-order valence-electron chi connectivity index (χ0n) is 26.8. The monoisotopic (exact) mass is 625 g/mol. The molecule has 0 N–H and O–H groups in total. The Balaban J connectivity index is 1.23. The van der Waals surface area contributed by atoms with Gasteiger partial charge in [-0.3, -0.25) is 0 Å². The molecule has 0 fully saturated rings. The van der Waals surface area contributed by atoms with E-state index in [9.17, 15) is 0 Å². The second-order valence-corrected chi connectivity index (χ2v) is 13.0. The average molecular weight is 626 g/mol. The highest BCUT2D eigenvalue weighted by atomic mass is 15.0. The van der Waals surface area contributed by atoms with Crippen LogP contribution in [0, 0.1) is 0 Å². The van der Waals surface area contributed by atoms with Gasteiger partial charge in [-0.05, 0) is 68.5 Å². The lowest BCUT2D eigenvalue weighted by atomic mass is 9.68. The number of hydrogen-bond donors (Lipinski definition) is 0. The number of benzene rings is 6. The first-order chi connectivity index (χ1) is 24.3. The Bertz CT molecular complexity index is 2370. The summed E-state index contributed by atoms with van der Waals surface area (Å²) in [6.45, 7) is 0. The smallest absolute Gasteiger partial charge is 0.164 e. The molecule has 3 heteroatoms. The highest BCUT2D eigenvalue weighted by molar-refractivity contribution is 6.08. The van der Waals surface area contributed by atoms with E-state index < -0.39 is 5.41 Å². The van der Waals surface area contributed by atoms with Gasteiger partial charge in [0, 0.05) is 16.7 Å². The fourth-order valence-corrected chi connectivity index (χ4v) is 8.45. The summed E-state index contributed by atoms with van der Waals surface area (Å²) in [4.78, 5) is 15.4. The molecule has 1 heterocycles. The van der Waals surface area contributed by atoms with E-state index in [0.29, 0.717) is 17.5 Å². The molecule has 230 valence electrons. The summed E-state index contributed by atoms with van der Waals surface area (Å²) in [5.41, 5.74) is 15.5. The van der Waals surface area contributed by atoms with Gasteiger partial charge >= 0.3 is 0 Å². The van der Waals surface area contributed by atoms with E-state index in [1.165, 1.54) is 55.6 Å². The SMILES string of the molecule is C1=C(c2nc(-c3ccccc3)nc(-c3ccccc3)n2)C(c2cccc3c2C2(c4ccccc4-c4ccccc42)c2ccccc2-3)=CCC1. The van der Waals surface area contributed by atoms with E-state index in [1.807, 2.05) is 36.4 Å². The Kier molecular flexibility index (Phi) is 6.22. The van der Waals surface area contributed by atoms with Crippen molar-refractivity contribution in [3.8, 4) is 45.0 Å². The number of fused-ring (bicyclic) bond motifs is 10. The molecule has 3 aliphatic rings. The van der Waals surface area contributed by atoms with E-state index in [2.05, 4.69) is 127 Å². The lowest BCUT2D eigenvalue weighted by Crippen LogP contribution is -2.27. The van der Waals surface area contributed by atoms with Crippen LogP contribution < -0.4 is 0 Å². The molecule has 6 aromatic carbocycles. The van der Waals surface area contributed by atoms with Crippen molar-refractivity contribution in [2.24, 2.45) is 0 Å². The summed E-state index contributed by atoms with van der Waals surface area (Å²) in [6.07, 6.45) is 6.62. The van der Waals surface area contributed by atoms with Crippen molar-refractivity contribution >= 4 is 11.1 Å². The number of allylic oxidation sites excluding steroid dienone is 4. The first-order valence-corrected chi connectivity index (χ1v) is 17.0. The molecule has 3 aliphatic carbocycles. The van der Waals surface area contributed by atoms with E-state index in [1.54, 1.807) is 0 Å². The topological polar surface area (TPSA) is 38.7 Å². The summed E-state index contributed by atoms with van der Waals surface area (Å²) in [7, 11) is 0. The maximum Gasteiger partial charge on any atom is 0.164 e. The lowest BCUT2D eigenvalue weighted by molar-refractivity contribution is 0.791. The highest BCUT2D eigenvalue weighted by Gasteiger charge is 2.52. The molecule has 49 heavy (non-hydrogen) atoms. The molecule has 1 aromatic heterocycles. The van der Waals surface area contributed by atoms with E-state index in [0.717, 1.165) is 29.5 Å². The van der Waals surface area contributed by atoms with Crippen LogP contribution in [0.4, 0.5) is 0 Å². The van der Waals surface area contributed by atoms with Crippen LogP contribution in [-0.4, -0.2) is 15.0 Å². The Morgan fingerprint density at radius 1 is 0.347 bits per heavy atom. The van der Waals surface area contributed by atoms with E-state index in [4.69, 9.17) is 15.0 Å². The predicted molar refractivity (Wildman–Crippen MR) is 199 cm³/mol. The molecule has 0 aliphatic heterocycles. The largest absolute Gasteiger partial charge is 0.208 e. The van der Waals surface area contributed by atoms with Crippen molar-refractivity contribution in [3.63, 3.8) is 0 Å². The van der Waals surface area contributed by atoms with Crippen LogP contribution in [0.5, 0.6) is 0 Å². The molecule has 0 saturated heterocycles. The van der Waals surface area contributed by atoms with Crippen LogP contribution in [0.25, 0.3) is 56.2 Å². The number of aromatic nitrogens is 3. The van der Waals surface area contributed by atoms with Gasteiger partial charge < -0.3 is 0 Å². The third-order valence-electron chi connectivity index (χ3n) is 10.4. The Morgan fingerprint density at radius 3 is 1.31 bits per heavy atom. The van der Waals surface area contributed by atoms with E-state index in [-0.39, 0.29) is 0 Å². The highest BCUT2D eigenvalue weighted by Crippen LogP contribution is 2.64. The summed E-state index contributed by atoms with van der Waals surface area (Å²) in [5.74, 6) is 2.06. The molecule has 1 spiro atoms. The Hall–Kier alpha value is -6.19. The minimum absolute atomic E-state index is 0.442. The minimum atomic E-state index is -0.442. The number of nitrogens with zero attached hydrogens (tertiary/aromatic N) is 3. The van der Waals surface area contributed by atoms with Crippen molar-refractivity contribution in [2.45, 2.75) is 18.3 Å². The van der Waals surface area contributed by atoms with Crippen LogP contribution >= 0.6 is 0 Å². The first-order valence-electron chi connectivity index (χ1n) is 17.0. The van der Waals surface area contributed by atoms with Crippen LogP contribution in [-0.2, 0) is 5.41 Å². The van der Waals surface area contributed by atoms with Gasteiger partial charge in [-0.25, -0.2) is 15.0 Å². The predicted octanol–water partition coefficient (Wildman–Crippen LogP) is 10.8. The molecule has 10 rings (SSSR count). The minimum Gasteiger partial charge on any atom is -0.208 e. The van der Waals surface area contributed by atoms with Gasteiger partial charge in [-0.2, -0.15) is 0 Å². The summed E-state index contributed by atoms with van der Waals surface area (Å²) >= 11 is 0. The lowest BCUT2D eigenvalue weighted by Gasteiger charge is -2.33. The molecule has 0 amide bonds. The molecule has 7 aromatic rings. The number of hydrogen-bond acceptors (Lipinski definition) is 3. The molecular weight excluding hydrogens is 595 g/mol. The third kappa shape index (κ3) is 4.06. The van der Waals surface area contributed by atoms with Crippen molar-refractivity contribution < 1.29 is 0 Å². The fraction of sp³-hybridized carbons (Fsp3) is 0.0652. The maximum atomic E-state index is 5.19. The second-order valence-electron chi connectivity index (χ2n) is 13.0. The van der Waals surface area contributed by atoms with Crippen molar-refractivity contribution in [1.29, 1.82) is 0 Å². The standard InChI is InChI=1S/C46H31N3/c1-3-16-30(17-4-1)43-47-44(31-18-5-2-6-19-31)49-45(48-43)38-24-8-7-20-32(38)36-25-15-26-37-35-23-11-14-29-41(35)46(42(36)37)39-27-12-9-21-33(39)34-22-10-13-28-40(34)46/h1-6,9-29H,7-8H2. The summed E-state index contributed by atoms with van der Waals surface area (Å²) in [5, 5.41) is 0. The van der Waals surface area contributed by atoms with Crippen molar-refractivity contribution in [3.05, 3.63) is 197 Å². The van der Waals surface area contributed by atoms with Crippen LogP contribution in [0.1, 0.15) is 46.5 Å². The van der Waals surface area contributed by atoms with Gasteiger partial charge in [0.15, 0.2) is 17.5 Å². The molecule has 0 radical (unpaired) electrons. The Labute approximate surface area is 286 Å². The number of rotatable bonds is 4. The molecule has 0 atom stereocenters. The van der Waals surface area contributed by atoms with Crippen LogP contribution in [0.2, 0.25) is 0 Å². The van der Waals surface area contributed by atoms with E-state index >= 15 is 0 Å². The normalized spacial score (nSPS) is 14.8. The first kappa shape index (κ1) is 27.9. The zero-order chi connectivity index (χ0) is 32.4. The fourth-order valence-electron chi connectivity index (χ4n) is 8.45. The molecule has 0 bridgehead atoms. The van der Waals surface area contributed by atoms with Crippen LogP contribution in [0.3, 0.4) is 0 Å². The van der Waals surface area contributed by atoms with Gasteiger partial charge in [-0.15, -0.1) is 0 Å². The molecule has 3 nitrogen and oxygen atoms in total. The zero-order valence-corrected chi connectivity index (χ0v) is 26.8.